The van der Waals surface area contributed by atoms with E-state index < -0.39 is 0 Å². The number of carbonyl (C=O) groups is 1. The van der Waals surface area contributed by atoms with E-state index in [0.29, 0.717) is 57.8 Å². The topological polar surface area (TPSA) is 101 Å². The molecule has 2 aliphatic rings. The molecule has 0 bridgehead atoms. The van der Waals surface area contributed by atoms with Crippen molar-refractivity contribution in [2.45, 2.75) is 51.4 Å². The van der Waals surface area contributed by atoms with Crippen molar-refractivity contribution in [3.05, 3.63) is 93.8 Å². The second-order valence-corrected chi connectivity index (χ2v) is 14.5. The second kappa shape index (κ2) is 14.7. The largest absolute Gasteiger partial charge is 0.493 e. The van der Waals surface area contributed by atoms with Crippen molar-refractivity contribution in [1.29, 1.82) is 0 Å². The van der Waals surface area contributed by atoms with Gasteiger partial charge in [-0.25, -0.2) is 16.5 Å². The fraction of sp³-hybridized carbons (Fsp3) is 0.359. The van der Waals surface area contributed by atoms with E-state index in [2.05, 4.69) is 20.0 Å². The number of carbonyl (C=O) groups excluding carboxylic acids is 1. The number of hydrogen-bond acceptors (Lipinski definition) is 8. The maximum atomic E-state index is 11.7. The number of benzene rings is 1. The lowest BCUT2D eigenvalue weighted by atomic mass is 9.93. The van der Waals surface area contributed by atoms with E-state index in [1.165, 1.54) is 0 Å². The average Bonchev–Trinajstić information content (AvgIpc) is 3.56. The number of methoxy groups -OCH3 is 2. The van der Waals surface area contributed by atoms with Crippen LogP contribution in [0, 0.1) is 6.57 Å². The maximum absolute atomic E-state index is 11.7. The van der Waals surface area contributed by atoms with Gasteiger partial charge in [-0.05, 0) is 31.0 Å². The van der Waals surface area contributed by atoms with E-state index in [1.54, 1.807) is 27.3 Å². The van der Waals surface area contributed by atoms with Gasteiger partial charge in [-0.2, -0.15) is 0 Å². The van der Waals surface area contributed by atoms with E-state index >= 15 is 0 Å². The van der Waals surface area contributed by atoms with Gasteiger partial charge in [0.2, 0.25) is 11.8 Å². The molecule has 0 unspecified atom stereocenters. The number of fused-ring (bicyclic) bond motifs is 1. The van der Waals surface area contributed by atoms with Crippen molar-refractivity contribution in [2.24, 2.45) is 0 Å². The Balaban J connectivity index is 1.13. The number of nitrogens with one attached hydrogen (secondary N) is 1. The normalized spacial score (nSPS) is 16.1. The number of halogens is 2. The molecule has 1 aromatic carbocycles. The Hall–Kier alpha value is -4.73. The molecule has 2 saturated heterocycles. The van der Waals surface area contributed by atoms with Crippen molar-refractivity contribution in [2.75, 3.05) is 40.4 Å². The molecule has 4 aromatic heterocycles. The lowest BCUT2D eigenvalue weighted by Gasteiger charge is -2.38. The van der Waals surface area contributed by atoms with E-state index in [0.717, 1.165) is 72.5 Å². The Labute approximate surface area is 313 Å². The van der Waals surface area contributed by atoms with E-state index in [4.69, 9.17) is 49.2 Å². The van der Waals surface area contributed by atoms with Crippen molar-refractivity contribution in [1.82, 2.24) is 34.5 Å². The van der Waals surface area contributed by atoms with E-state index in [9.17, 15) is 4.79 Å². The fourth-order valence-electron chi connectivity index (χ4n) is 7.18. The summed E-state index contributed by atoms with van der Waals surface area (Å²) in [6.07, 6.45) is 7.47. The number of rotatable bonds is 10. The van der Waals surface area contributed by atoms with Crippen LogP contribution < -0.4 is 14.8 Å². The Bertz CT molecular complexity index is 2180. The smallest absolute Gasteiger partial charge is 0.254 e. The number of amides is 1. The van der Waals surface area contributed by atoms with Crippen LogP contribution >= 0.6 is 23.2 Å². The van der Waals surface area contributed by atoms with Gasteiger partial charge in [0.05, 0.1) is 54.4 Å². The van der Waals surface area contributed by atoms with Gasteiger partial charge in [0.25, 0.3) is 5.54 Å². The van der Waals surface area contributed by atoms with Gasteiger partial charge >= 0.3 is 0 Å². The SMILES string of the molecule is [C-]#[N+]C1(C)CN(Cc2cn3cc(-c4nccc(-c5cccc(-c6ccc(CNC7CCN(C(C)=O)CC7)c(OC)n6)c5Cl)c4Cl)cc(OC)c3n2)C1. The molecule has 0 aliphatic carbocycles. The first-order chi connectivity index (χ1) is 25.1. The van der Waals surface area contributed by atoms with Crippen LogP contribution in [0.25, 0.3) is 44.1 Å². The van der Waals surface area contributed by atoms with Crippen molar-refractivity contribution >= 4 is 34.8 Å². The summed E-state index contributed by atoms with van der Waals surface area (Å²) in [6, 6.07) is 13.8. The molecule has 0 atom stereocenters. The Morgan fingerprint density at radius 3 is 2.48 bits per heavy atom. The number of nitrogens with zero attached hydrogens (tertiary/aromatic N) is 7. The number of piperidine rings is 1. The van der Waals surface area contributed by atoms with Gasteiger partial charge in [0.1, 0.15) is 0 Å². The summed E-state index contributed by atoms with van der Waals surface area (Å²) >= 11 is 14.3. The molecule has 268 valence electrons. The van der Waals surface area contributed by atoms with Crippen LogP contribution in [0.15, 0.2) is 61.1 Å². The summed E-state index contributed by atoms with van der Waals surface area (Å²) in [5, 5.41) is 4.56. The van der Waals surface area contributed by atoms with Crippen molar-refractivity contribution < 1.29 is 14.3 Å². The Kier molecular flexibility index (Phi) is 10.1. The number of aromatic nitrogens is 4. The predicted octanol–water partition coefficient (Wildman–Crippen LogP) is 7.04. The fourth-order valence-corrected chi connectivity index (χ4v) is 7.82. The molecule has 0 spiro atoms. The number of hydrogen-bond donors (Lipinski definition) is 1. The maximum Gasteiger partial charge on any atom is 0.254 e. The number of pyridine rings is 3. The Morgan fingerprint density at radius 1 is 1.02 bits per heavy atom. The summed E-state index contributed by atoms with van der Waals surface area (Å²) in [4.78, 5) is 33.9. The summed E-state index contributed by atoms with van der Waals surface area (Å²) in [7, 11) is 3.24. The minimum absolute atomic E-state index is 0.127. The number of likely N-dealkylation sites (tertiary alicyclic amines) is 2. The van der Waals surface area contributed by atoms with Crippen LogP contribution in [0.5, 0.6) is 11.6 Å². The van der Waals surface area contributed by atoms with Gasteiger partial charge in [-0.1, -0.05) is 47.5 Å². The second-order valence-electron chi connectivity index (χ2n) is 13.7. The quantitative estimate of drug-likeness (QED) is 0.152. The summed E-state index contributed by atoms with van der Waals surface area (Å²) in [6.45, 7) is 15.2. The third-order valence-electron chi connectivity index (χ3n) is 9.95. The minimum Gasteiger partial charge on any atom is -0.493 e. The highest BCUT2D eigenvalue weighted by molar-refractivity contribution is 6.39. The first-order valence-electron chi connectivity index (χ1n) is 17.2. The van der Waals surface area contributed by atoms with Gasteiger partial charge in [0.15, 0.2) is 11.4 Å². The molecule has 5 aromatic rings. The van der Waals surface area contributed by atoms with Crippen LogP contribution in [-0.2, 0) is 17.9 Å². The molecule has 11 nitrogen and oxygen atoms in total. The van der Waals surface area contributed by atoms with Crippen molar-refractivity contribution in [3.8, 4) is 45.3 Å². The molecule has 1 N–H and O–H groups in total. The van der Waals surface area contributed by atoms with E-state index in [1.807, 2.05) is 71.1 Å². The highest BCUT2D eigenvalue weighted by atomic mass is 35.5. The minimum atomic E-state index is -0.317. The summed E-state index contributed by atoms with van der Waals surface area (Å²) in [5.74, 6) is 1.25. The number of imidazole rings is 1. The average molecular weight is 740 g/mol. The molecule has 6 heterocycles. The van der Waals surface area contributed by atoms with Crippen LogP contribution in [0.2, 0.25) is 10.0 Å². The van der Waals surface area contributed by atoms with Crippen LogP contribution in [0.3, 0.4) is 0 Å². The zero-order chi connectivity index (χ0) is 36.6. The Morgan fingerprint density at radius 2 is 1.77 bits per heavy atom. The van der Waals surface area contributed by atoms with Gasteiger partial charge < -0.3 is 28.9 Å². The zero-order valence-corrected chi connectivity index (χ0v) is 31.1. The van der Waals surface area contributed by atoms with Gasteiger partial charge in [0, 0.05) is 92.5 Å². The molecule has 13 heteroatoms. The predicted molar refractivity (Wildman–Crippen MR) is 203 cm³/mol. The highest BCUT2D eigenvalue weighted by Crippen LogP contribution is 2.42. The molecule has 1 amide bonds. The molecule has 7 rings (SSSR count). The summed E-state index contributed by atoms with van der Waals surface area (Å²) < 4.78 is 13.4. The monoisotopic (exact) mass is 738 g/mol. The van der Waals surface area contributed by atoms with E-state index in [-0.39, 0.29) is 11.4 Å². The lowest BCUT2D eigenvalue weighted by molar-refractivity contribution is -0.129. The van der Waals surface area contributed by atoms with Crippen LogP contribution in [0.1, 0.15) is 37.9 Å². The molecule has 0 saturated carbocycles. The number of ether oxygens (including phenoxy) is 2. The van der Waals surface area contributed by atoms with Gasteiger partial charge in [-0.3, -0.25) is 14.7 Å². The first kappa shape index (κ1) is 35.7. The third-order valence-corrected chi connectivity index (χ3v) is 10.7. The molecule has 2 fully saturated rings. The standard InChI is InChI=1S/C39H40Cl2N8O3/c1-24(50)48-15-12-27(13-16-48)44-18-25-9-10-32(46-38(25)52-5)31-8-6-7-29(34(31)40)30-11-14-43-36(35(30)41)26-17-33(51-4)37-45-28(21-49(37)19-26)20-47-22-39(2,23-47)42-3/h6-11,14,17,19,21,27,44H,12-13,15-16,18,20,22-23H2,1-2,4-5H3. The highest BCUT2D eigenvalue weighted by Gasteiger charge is 2.45. The summed E-state index contributed by atoms with van der Waals surface area (Å²) in [5.41, 5.74) is 6.44. The lowest BCUT2D eigenvalue weighted by Crippen LogP contribution is -2.57. The van der Waals surface area contributed by atoms with Crippen molar-refractivity contribution in [3.63, 3.8) is 0 Å². The van der Waals surface area contributed by atoms with Crippen LogP contribution in [0.4, 0.5) is 0 Å². The molecule has 2 aliphatic heterocycles. The molecular weight excluding hydrogens is 699 g/mol. The zero-order valence-electron chi connectivity index (χ0n) is 29.6. The van der Waals surface area contributed by atoms with Crippen LogP contribution in [-0.4, -0.2) is 87.0 Å². The first-order valence-corrected chi connectivity index (χ1v) is 18.0. The third kappa shape index (κ3) is 7.04. The molecule has 52 heavy (non-hydrogen) atoms. The van der Waals surface area contributed by atoms with Gasteiger partial charge in [-0.15, -0.1) is 0 Å². The molecular formula is C39H40Cl2N8O3. The molecule has 0 radical (unpaired) electrons.